The number of carbonyl (C=O) groups is 1. The smallest absolute Gasteiger partial charge is 0.232 e. The van der Waals surface area contributed by atoms with Crippen LogP contribution in [0.3, 0.4) is 0 Å². The summed E-state index contributed by atoms with van der Waals surface area (Å²) in [6, 6.07) is 3.90. The monoisotopic (exact) mass is 168 g/mol. The number of hydrogen-bond acceptors (Lipinski definition) is 2. The lowest BCUT2D eigenvalue weighted by molar-refractivity contribution is -0.118. The Balaban J connectivity index is 2.13. The van der Waals surface area contributed by atoms with E-state index in [1.807, 2.05) is 29.1 Å². The molecule has 1 N–H and O–H groups in total. The van der Waals surface area contributed by atoms with E-state index in [2.05, 4.69) is 5.32 Å². The van der Waals surface area contributed by atoms with Gasteiger partial charge in [0.15, 0.2) is 5.50 Å². The molecule has 1 unspecified atom stereocenters. The van der Waals surface area contributed by atoms with E-state index in [-0.39, 0.29) is 11.4 Å². The van der Waals surface area contributed by atoms with Crippen LogP contribution in [0.4, 0.5) is 0 Å². The first-order valence-corrected chi connectivity index (χ1v) is 4.44. The van der Waals surface area contributed by atoms with Gasteiger partial charge in [-0.25, -0.2) is 0 Å². The van der Waals surface area contributed by atoms with Crippen LogP contribution in [0.2, 0.25) is 0 Å². The molecule has 4 heteroatoms. The zero-order chi connectivity index (χ0) is 7.68. The van der Waals surface area contributed by atoms with E-state index in [4.69, 9.17) is 0 Å². The number of rotatable bonds is 1. The van der Waals surface area contributed by atoms with Crippen molar-refractivity contribution in [1.29, 1.82) is 0 Å². The van der Waals surface area contributed by atoms with Crippen LogP contribution in [0.5, 0.6) is 0 Å². The summed E-state index contributed by atoms with van der Waals surface area (Å²) in [5.74, 6) is 0.691. The molecule has 0 radical (unpaired) electrons. The Morgan fingerprint density at radius 3 is 2.82 bits per heavy atom. The maximum Gasteiger partial charge on any atom is 0.232 e. The molecule has 1 aromatic rings. The minimum Gasteiger partial charge on any atom is -0.326 e. The van der Waals surface area contributed by atoms with Crippen LogP contribution in [0.15, 0.2) is 24.5 Å². The number of hydrogen-bond donors (Lipinski definition) is 1. The Morgan fingerprint density at radius 1 is 1.55 bits per heavy atom. The fourth-order valence-electron chi connectivity index (χ4n) is 1.04. The molecule has 58 valence electrons. The maximum atomic E-state index is 10.8. The first-order chi connectivity index (χ1) is 5.36. The molecular formula is C7H8N2OS. The third kappa shape index (κ3) is 1.26. The summed E-state index contributed by atoms with van der Waals surface area (Å²) >= 11 is 1.61. The first-order valence-electron chi connectivity index (χ1n) is 3.40. The third-order valence-corrected chi connectivity index (χ3v) is 2.66. The first kappa shape index (κ1) is 6.79. The van der Waals surface area contributed by atoms with E-state index in [1.165, 1.54) is 0 Å². The van der Waals surface area contributed by atoms with Crippen LogP contribution in [-0.2, 0) is 4.79 Å². The summed E-state index contributed by atoms with van der Waals surface area (Å²) in [4.78, 5) is 10.8. The van der Waals surface area contributed by atoms with Gasteiger partial charge in [-0.2, -0.15) is 0 Å². The number of nitrogens with zero attached hydrogens (tertiary/aromatic N) is 1. The van der Waals surface area contributed by atoms with Crippen molar-refractivity contribution < 1.29 is 4.79 Å². The highest BCUT2D eigenvalue weighted by Gasteiger charge is 2.21. The second-order valence-electron chi connectivity index (χ2n) is 2.36. The van der Waals surface area contributed by atoms with E-state index in [9.17, 15) is 4.79 Å². The number of thioether (sulfide) groups is 1. The summed E-state index contributed by atoms with van der Waals surface area (Å²) in [6.45, 7) is 0. The molecule has 0 aromatic carbocycles. The van der Waals surface area contributed by atoms with Crippen molar-refractivity contribution in [2.24, 2.45) is 0 Å². The maximum absolute atomic E-state index is 10.8. The number of nitrogens with one attached hydrogen (secondary N) is 1. The Morgan fingerprint density at radius 2 is 2.27 bits per heavy atom. The normalized spacial score (nSPS) is 23.6. The summed E-state index contributed by atoms with van der Waals surface area (Å²) < 4.78 is 1.98. The highest BCUT2D eigenvalue weighted by atomic mass is 32.2. The van der Waals surface area contributed by atoms with Gasteiger partial charge in [0, 0.05) is 12.4 Å². The molecule has 2 rings (SSSR count). The van der Waals surface area contributed by atoms with Gasteiger partial charge in [0.1, 0.15) is 0 Å². The SMILES string of the molecule is O=C1CSC(n2cccc2)N1. The second kappa shape index (κ2) is 2.62. The minimum absolute atomic E-state index is 0.109. The highest BCUT2D eigenvalue weighted by molar-refractivity contribution is 8.00. The minimum atomic E-state index is 0.109. The molecule has 0 aliphatic carbocycles. The third-order valence-electron chi connectivity index (χ3n) is 1.56. The van der Waals surface area contributed by atoms with Crippen molar-refractivity contribution in [2.45, 2.75) is 5.50 Å². The molecule has 0 spiro atoms. The van der Waals surface area contributed by atoms with Crippen LogP contribution in [0.1, 0.15) is 5.50 Å². The number of amides is 1. The summed E-state index contributed by atoms with van der Waals surface area (Å²) in [7, 11) is 0. The quantitative estimate of drug-likeness (QED) is 0.673. The molecule has 2 heterocycles. The van der Waals surface area contributed by atoms with Gasteiger partial charge < -0.3 is 9.88 Å². The van der Waals surface area contributed by atoms with Crippen molar-refractivity contribution >= 4 is 17.7 Å². The molecule has 3 nitrogen and oxygen atoms in total. The van der Waals surface area contributed by atoms with Gasteiger partial charge in [0.2, 0.25) is 5.91 Å². The van der Waals surface area contributed by atoms with Gasteiger partial charge in [-0.3, -0.25) is 4.79 Å². The van der Waals surface area contributed by atoms with Crippen molar-refractivity contribution in [3.05, 3.63) is 24.5 Å². The van der Waals surface area contributed by atoms with Crippen molar-refractivity contribution in [3.63, 3.8) is 0 Å². The largest absolute Gasteiger partial charge is 0.326 e. The standard InChI is InChI=1S/C7H8N2OS/c10-6-5-11-7(8-6)9-3-1-2-4-9/h1-4,7H,5H2,(H,8,10). The van der Waals surface area contributed by atoms with E-state index in [0.717, 1.165) is 0 Å². The Bertz CT molecular complexity index is 257. The van der Waals surface area contributed by atoms with Crippen molar-refractivity contribution in [1.82, 2.24) is 9.88 Å². The molecular weight excluding hydrogens is 160 g/mol. The lowest BCUT2D eigenvalue weighted by Gasteiger charge is -2.09. The molecule has 1 aliphatic heterocycles. The molecule has 1 saturated heterocycles. The molecule has 0 saturated carbocycles. The highest BCUT2D eigenvalue weighted by Crippen LogP contribution is 2.24. The molecule has 1 atom stereocenters. The lowest BCUT2D eigenvalue weighted by atomic mass is 10.7. The molecule has 11 heavy (non-hydrogen) atoms. The average Bonchev–Trinajstić information content (AvgIpc) is 2.55. The van der Waals surface area contributed by atoms with Gasteiger partial charge in [0.25, 0.3) is 0 Å². The molecule has 1 aromatic heterocycles. The van der Waals surface area contributed by atoms with Crippen LogP contribution >= 0.6 is 11.8 Å². The Hall–Kier alpha value is -0.900. The predicted octanol–water partition coefficient (Wildman–Crippen LogP) is 0.807. The molecule has 1 aliphatic rings. The summed E-state index contributed by atoms with van der Waals surface area (Å²) in [6.07, 6.45) is 3.90. The number of carbonyl (C=O) groups excluding carboxylic acids is 1. The van der Waals surface area contributed by atoms with Crippen LogP contribution < -0.4 is 5.32 Å². The second-order valence-corrected chi connectivity index (χ2v) is 3.43. The average molecular weight is 168 g/mol. The fourth-order valence-corrected chi connectivity index (χ4v) is 1.96. The molecule has 1 fully saturated rings. The number of aromatic nitrogens is 1. The lowest BCUT2D eigenvalue weighted by Crippen LogP contribution is -2.22. The van der Waals surface area contributed by atoms with Gasteiger partial charge in [0.05, 0.1) is 5.75 Å². The van der Waals surface area contributed by atoms with E-state index in [0.29, 0.717) is 5.75 Å². The van der Waals surface area contributed by atoms with Crippen molar-refractivity contribution in [3.8, 4) is 0 Å². The van der Waals surface area contributed by atoms with Gasteiger partial charge in [-0.15, -0.1) is 11.8 Å². The van der Waals surface area contributed by atoms with Crippen LogP contribution in [0, 0.1) is 0 Å². The topological polar surface area (TPSA) is 34.0 Å². The van der Waals surface area contributed by atoms with Crippen LogP contribution in [-0.4, -0.2) is 16.2 Å². The van der Waals surface area contributed by atoms with Crippen molar-refractivity contribution in [2.75, 3.05) is 5.75 Å². The zero-order valence-corrected chi connectivity index (χ0v) is 6.67. The predicted molar refractivity (Wildman–Crippen MR) is 44.1 cm³/mol. The molecule has 1 amide bonds. The zero-order valence-electron chi connectivity index (χ0n) is 5.86. The Kier molecular flexibility index (Phi) is 1.62. The van der Waals surface area contributed by atoms with E-state index >= 15 is 0 Å². The van der Waals surface area contributed by atoms with Gasteiger partial charge in [-0.05, 0) is 12.1 Å². The van der Waals surface area contributed by atoms with Crippen LogP contribution in [0.25, 0.3) is 0 Å². The Labute approximate surface area is 68.8 Å². The van der Waals surface area contributed by atoms with Gasteiger partial charge in [-0.1, -0.05) is 0 Å². The van der Waals surface area contributed by atoms with Gasteiger partial charge >= 0.3 is 0 Å². The molecule has 0 bridgehead atoms. The van der Waals surface area contributed by atoms with E-state index in [1.54, 1.807) is 11.8 Å². The fraction of sp³-hybridized carbons (Fsp3) is 0.286. The summed E-state index contributed by atoms with van der Waals surface area (Å²) in [5.41, 5.74) is 0.109. The summed E-state index contributed by atoms with van der Waals surface area (Å²) in [5, 5.41) is 2.84. The van der Waals surface area contributed by atoms with E-state index < -0.39 is 0 Å².